The zero-order valence-corrected chi connectivity index (χ0v) is 11.6. The van der Waals surface area contributed by atoms with E-state index in [2.05, 4.69) is 12.2 Å². The van der Waals surface area contributed by atoms with Gasteiger partial charge in [0, 0.05) is 26.1 Å². The molecule has 0 saturated heterocycles. The van der Waals surface area contributed by atoms with Gasteiger partial charge in [0.15, 0.2) is 5.75 Å². The normalized spacial score (nSPS) is 23.3. The molecule has 1 aliphatic heterocycles. The molecule has 1 amide bonds. The van der Waals surface area contributed by atoms with Gasteiger partial charge in [0.1, 0.15) is 6.10 Å². The predicted molar refractivity (Wildman–Crippen MR) is 75.3 cm³/mol. The van der Waals surface area contributed by atoms with Crippen molar-refractivity contribution in [3.05, 3.63) is 23.8 Å². The number of hydrogen-bond donors (Lipinski definition) is 2. The number of hydrogen-bond acceptors (Lipinski definition) is 4. The van der Waals surface area contributed by atoms with Crippen LogP contribution in [0.5, 0.6) is 5.75 Å². The van der Waals surface area contributed by atoms with Crippen LogP contribution in [0.1, 0.15) is 17.3 Å². The standard InChI is InChI=1S/C14H21N3O2/c1-9-8-17(3)14(18)10-5-4-6-11(15)13(10)19-12(9)7-16-2/h4-6,9,12,16H,7-8,15H2,1-3H3/t9-,12-/m0/s1. The van der Waals surface area contributed by atoms with Gasteiger partial charge >= 0.3 is 0 Å². The number of ether oxygens (including phenoxy) is 1. The van der Waals surface area contributed by atoms with Gasteiger partial charge in [0.2, 0.25) is 0 Å². The zero-order valence-electron chi connectivity index (χ0n) is 11.6. The second kappa shape index (κ2) is 5.48. The molecule has 0 spiro atoms. The highest BCUT2D eigenvalue weighted by atomic mass is 16.5. The molecule has 0 unspecified atom stereocenters. The molecule has 0 fully saturated rings. The number of likely N-dealkylation sites (N-methyl/N-ethyl adjacent to an activating group) is 1. The number of nitrogens with one attached hydrogen (secondary N) is 1. The lowest BCUT2D eigenvalue weighted by molar-refractivity contribution is 0.0639. The summed E-state index contributed by atoms with van der Waals surface area (Å²) in [7, 11) is 3.70. The average Bonchev–Trinajstić information content (AvgIpc) is 2.38. The molecule has 5 nitrogen and oxygen atoms in total. The zero-order chi connectivity index (χ0) is 14.0. The van der Waals surface area contributed by atoms with E-state index in [4.69, 9.17) is 10.5 Å². The Balaban J connectivity index is 2.45. The first kappa shape index (κ1) is 13.7. The highest BCUT2D eigenvalue weighted by Crippen LogP contribution is 2.31. The van der Waals surface area contributed by atoms with Crippen LogP contribution in [0.15, 0.2) is 18.2 Å². The van der Waals surface area contributed by atoms with E-state index in [-0.39, 0.29) is 17.9 Å². The number of nitrogens with zero attached hydrogens (tertiary/aromatic N) is 1. The Morgan fingerprint density at radius 3 is 2.95 bits per heavy atom. The number of nitrogens with two attached hydrogens (primary N) is 1. The summed E-state index contributed by atoms with van der Waals surface area (Å²) >= 11 is 0. The Bertz CT molecular complexity index is 476. The summed E-state index contributed by atoms with van der Waals surface area (Å²) in [5, 5.41) is 3.12. The molecule has 2 rings (SSSR count). The minimum absolute atomic E-state index is 0.0102. The van der Waals surface area contributed by atoms with Gasteiger partial charge in [-0.05, 0) is 19.2 Å². The van der Waals surface area contributed by atoms with Gasteiger partial charge in [-0.2, -0.15) is 0 Å². The van der Waals surface area contributed by atoms with Crippen molar-refractivity contribution in [2.24, 2.45) is 5.92 Å². The summed E-state index contributed by atoms with van der Waals surface area (Å²) in [6.07, 6.45) is -0.0102. The van der Waals surface area contributed by atoms with E-state index in [1.807, 2.05) is 14.1 Å². The fourth-order valence-electron chi connectivity index (χ4n) is 2.40. The van der Waals surface area contributed by atoms with Crippen molar-refractivity contribution in [3.8, 4) is 5.75 Å². The molecular weight excluding hydrogens is 242 g/mol. The topological polar surface area (TPSA) is 67.6 Å². The monoisotopic (exact) mass is 263 g/mol. The number of nitrogen functional groups attached to an aromatic ring is 1. The number of fused-ring (bicyclic) bond motifs is 1. The van der Waals surface area contributed by atoms with Crippen molar-refractivity contribution >= 4 is 11.6 Å². The summed E-state index contributed by atoms with van der Waals surface area (Å²) in [4.78, 5) is 14.1. The van der Waals surface area contributed by atoms with E-state index in [0.29, 0.717) is 23.5 Å². The maximum atomic E-state index is 12.3. The third kappa shape index (κ3) is 2.66. The lowest BCUT2D eigenvalue weighted by Gasteiger charge is -2.33. The molecule has 2 atom stereocenters. The molecule has 19 heavy (non-hydrogen) atoms. The third-order valence-corrected chi connectivity index (χ3v) is 3.49. The lowest BCUT2D eigenvalue weighted by atomic mass is 10.0. The minimum Gasteiger partial charge on any atom is -0.486 e. The molecule has 0 aromatic heterocycles. The largest absolute Gasteiger partial charge is 0.486 e. The van der Waals surface area contributed by atoms with Crippen molar-refractivity contribution in [1.29, 1.82) is 0 Å². The van der Waals surface area contributed by atoms with Crippen LogP contribution in [-0.4, -0.2) is 44.1 Å². The fraction of sp³-hybridized carbons (Fsp3) is 0.500. The predicted octanol–water partition coefficient (Wildman–Crippen LogP) is 0.957. The molecule has 1 aromatic carbocycles. The fourth-order valence-corrected chi connectivity index (χ4v) is 2.40. The Kier molecular flexibility index (Phi) is 3.95. The van der Waals surface area contributed by atoms with Gasteiger partial charge in [0.25, 0.3) is 5.91 Å². The van der Waals surface area contributed by atoms with Crippen molar-refractivity contribution in [1.82, 2.24) is 10.2 Å². The number of para-hydroxylation sites is 1. The molecule has 1 heterocycles. The van der Waals surface area contributed by atoms with E-state index in [0.717, 1.165) is 6.54 Å². The molecular formula is C14H21N3O2. The second-order valence-corrected chi connectivity index (χ2v) is 5.10. The first-order chi connectivity index (χ1) is 9.04. The first-order valence-electron chi connectivity index (χ1n) is 6.49. The van der Waals surface area contributed by atoms with E-state index in [1.54, 1.807) is 23.1 Å². The summed E-state index contributed by atoms with van der Waals surface area (Å²) in [6.45, 7) is 3.46. The van der Waals surface area contributed by atoms with Crippen molar-refractivity contribution in [2.45, 2.75) is 13.0 Å². The van der Waals surface area contributed by atoms with E-state index >= 15 is 0 Å². The molecule has 0 bridgehead atoms. The highest BCUT2D eigenvalue weighted by Gasteiger charge is 2.29. The van der Waals surface area contributed by atoms with Crippen LogP contribution in [0.3, 0.4) is 0 Å². The maximum absolute atomic E-state index is 12.3. The lowest BCUT2D eigenvalue weighted by Crippen LogP contribution is -2.44. The quantitative estimate of drug-likeness (QED) is 0.780. The molecule has 3 N–H and O–H groups in total. The number of benzene rings is 1. The van der Waals surface area contributed by atoms with Crippen LogP contribution in [0.2, 0.25) is 0 Å². The molecule has 104 valence electrons. The molecule has 5 heteroatoms. The second-order valence-electron chi connectivity index (χ2n) is 5.10. The SMILES string of the molecule is CNC[C@@H]1Oc2c(N)cccc2C(=O)N(C)C[C@@H]1C. The van der Waals surface area contributed by atoms with Crippen LogP contribution in [0, 0.1) is 5.92 Å². The summed E-state index contributed by atoms with van der Waals surface area (Å²) < 4.78 is 6.00. The van der Waals surface area contributed by atoms with Gasteiger partial charge in [0.05, 0.1) is 11.3 Å². The van der Waals surface area contributed by atoms with Gasteiger partial charge in [-0.15, -0.1) is 0 Å². The number of anilines is 1. The Morgan fingerprint density at radius 2 is 2.26 bits per heavy atom. The summed E-state index contributed by atoms with van der Waals surface area (Å²) in [6, 6.07) is 5.30. The number of carbonyl (C=O) groups is 1. The van der Waals surface area contributed by atoms with Crippen LogP contribution >= 0.6 is 0 Å². The van der Waals surface area contributed by atoms with Crippen molar-refractivity contribution < 1.29 is 9.53 Å². The van der Waals surface area contributed by atoms with E-state index in [9.17, 15) is 4.79 Å². The molecule has 0 aliphatic carbocycles. The van der Waals surface area contributed by atoms with E-state index < -0.39 is 0 Å². The Hall–Kier alpha value is -1.75. The van der Waals surface area contributed by atoms with Crippen molar-refractivity contribution in [3.63, 3.8) is 0 Å². The third-order valence-electron chi connectivity index (χ3n) is 3.49. The summed E-state index contributed by atoms with van der Waals surface area (Å²) in [5.41, 5.74) is 7.00. The Labute approximate surface area is 113 Å². The first-order valence-corrected chi connectivity index (χ1v) is 6.49. The maximum Gasteiger partial charge on any atom is 0.257 e. The average molecular weight is 263 g/mol. The van der Waals surface area contributed by atoms with Crippen LogP contribution in [0.4, 0.5) is 5.69 Å². The number of rotatable bonds is 2. The summed E-state index contributed by atoms with van der Waals surface area (Å²) in [5.74, 6) is 0.692. The number of amides is 1. The molecule has 1 aliphatic rings. The molecule has 0 radical (unpaired) electrons. The smallest absolute Gasteiger partial charge is 0.257 e. The van der Waals surface area contributed by atoms with Gasteiger partial charge in [-0.3, -0.25) is 4.79 Å². The molecule has 0 saturated carbocycles. The van der Waals surface area contributed by atoms with Gasteiger partial charge < -0.3 is 20.7 Å². The number of carbonyl (C=O) groups excluding carboxylic acids is 1. The minimum atomic E-state index is -0.0444. The van der Waals surface area contributed by atoms with Crippen LogP contribution < -0.4 is 15.8 Å². The van der Waals surface area contributed by atoms with Crippen LogP contribution in [0.25, 0.3) is 0 Å². The van der Waals surface area contributed by atoms with E-state index in [1.165, 1.54) is 0 Å². The van der Waals surface area contributed by atoms with Gasteiger partial charge in [-0.25, -0.2) is 0 Å². The molecule has 1 aromatic rings. The van der Waals surface area contributed by atoms with Gasteiger partial charge in [-0.1, -0.05) is 13.0 Å². The Morgan fingerprint density at radius 1 is 1.53 bits per heavy atom. The highest BCUT2D eigenvalue weighted by molar-refractivity contribution is 5.98. The van der Waals surface area contributed by atoms with Crippen molar-refractivity contribution in [2.75, 3.05) is 32.9 Å². The van der Waals surface area contributed by atoms with Crippen LogP contribution in [-0.2, 0) is 0 Å².